The highest BCUT2D eigenvalue weighted by atomic mass is 15.1. The summed E-state index contributed by atoms with van der Waals surface area (Å²) in [6, 6.07) is 0.0491. The molecule has 0 unspecified atom stereocenters. The van der Waals surface area contributed by atoms with Crippen molar-refractivity contribution in [3.63, 3.8) is 0 Å². The molecule has 1 aromatic heterocycles. The minimum Gasteiger partial charge on any atom is -0.329 e. The lowest BCUT2D eigenvalue weighted by atomic mass is 10.2. The molecule has 0 amide bonds. The molecule has 0 saturated heterocycles. The molecule has 0 saturated carbocycles. The highest BCUT2D eigenvalue weighted by molar-refractivity contribution is 5.05. The summed E-state index contributed by atoms with van der Waals surface area (Å²) in [5.41, 5.74) is 8.17. The lowest BCUT2D eigenvalue weighted by molar-refractivity contribution is 0.681. The van der Waals surface area contributed by atoms with E-state index in [1.807, 2.05) is 19.4 Å². The van der Waals surface area contributed by atoms with E-state index in [-0.39, 0.29) is 6.04 Å². The molecule has 0 bridgehead atoms. The number of nitrogens with two attached hydrogens (primary N) is 1. The van der Waals surface area contributed by atoms with Crippen LogP contribution < -0.4 is 5.73 Å². The average molecular weight is 179 g/mol. The largest absolute Gasteiger partial charge is 0.329 e. The Hall–Kier alpha value is -1.09. The topological polar surface area (TPSA) is 43.8 Å². The van der Waals surface area contributed by atoms with Crippen LogP contribution in [0.2, 0.25) is 0 Å². The van der Waals surface area contributed by atoms with Crippen LogP contribution >= 0.6 is 0 Å². The fourth-order valence-electron chi connectivity index (χ4n) is 1.14. The second-order valence-corrected chi connectivity index (χ2v) is 3.54. The van der Waals surface area contributed by atoms with Crippen LogP contribution in [-0.2, 0) is 6.54 Å². The van der Waals surface area contributed by atoms with Gasteiger partial charge in [0.25, 0.3) is 0 Å². The van der Waals surface area contributed by atoms with Gasteiger partial charge in [-0.1, -0.05) is 11.6 Å². The van der Waals surface area contributed by atoms with Crippen LogP contribution in [0.3, 0.4) is 0 Å². The van der Waals surface area contributed by atoms with Crippen molar-refractivity contribution >= 4 is 0 Å². The van der Waals surface area contributed by atoms with Gasteiger partial charge >= 0.3 is 0 Å². The molecule has 0 aliphatic rings. The standard InChI is InChI=1S/C10H17N3/c1-8(2)4-5-13-7-12-6-10(13)9(3)11/h4,6-7,9H,5,11H2,1-3H3/t9-/m0/s1. The van der Waals surface area contributed by atoms with Crippen LogP contribution in [0.4, 0.5) is 0 Å². The van der Waals surface area contributed by atoms with E-state index in [1.165, 1.54) is 5.57 Å². The molecule has 1 heterocycles. The quantitative estimate of drug-likeness (QED) is 0.720. The van der Waals surface area contributed by atoms with E-state index in [2.05, 4.69) is 29.5 Å². The Bertz CT molecular complexity index is 293. The predicted octanol–water partition coefficient (Wildman–Crippen LogP) is 1.87. The van der Waals surface area contributed by atoms with Gasteiger partial charge in [-0.05, 0) is 20.8 Å². The Balaban J connectivity index is 2.77. The molecule has 0 fully saturated rings. The Kier molecular flexibility index (Phi) is 3.25. The zero-order valence-electron chi connectivity index (χ0n) is 8.49. The van der Waals surface area contributed by atoms with Crippen molar-refractivity contribution in [1.82, 2.24) is 9.55 Å². The van der Waals surface area contributed by atoms with Gasteiger partial charge < -0.3 is 10.3 Å². The highest BCUT2D eigenvalue weighted by Crippen LogP contribution is 2.08. The molecule has 1 aromatic rings. The molecule has 3 heteroatoms. The molecule has 0 aliphatic heterocycles. The molecule has 72 valence electrons. The molecule has 13 heavy (non-hydrogen) atoms. The SMILES string of the molecule is CC(C)=CCn1cncc1[C@H](C)N. The van der Waals surface area contributed by atoms with Gasteiger partial charge in [0.1, 0.15) is 0 Å². The van der Waals surface area contributed by atoms with Gasteiger partial charge in [-0.25, -0.2) is 4.98 Å². The third-order valence-corrected chi connectivity index (χ3v) is 1.91. The summed E-state index contributed by atoms with van der Waals surface area (Å²) in [5, 5.41) is 0. The monoisotopic (exact) mass is 179 g/mol. The van der Waals surface area contributed by atoms with Crippen molar-refractivity contribution in [1.29, 1.82) is 0 Å². The minimum absolute atomic E-state index is 0.0491. The smallest absolute Gasteiger partial charge is 0.0951 e. The Morgan fingerprint density at radius 3 is 2.92 bits per heavy atom. The second-order valence-electron chi connectivity index (χ2n) is 3.54. The maximum atomic E-state index is 5.78. The average Bonchev–Trinajstić information content (AvgIpc) is 2.47. The zero-order chi connectivity index (χ0) is 9.84. The third-order valence-electron chi connectivity index (χ3n) is 1.91. The summed E-state index contributed by atoms with van der Waals surface area (Å²) in [7, 11) is 0. The lowest BCUT2D eigenvalue weighted by Gasteiger charge is -2.08. The summed E-state index contributed by atoms with van der Waals surface area (Å²) in [5.74, 6) is 0. The first kappa shape index (κ1) is 9.99. The van der Waals surface area contributed by atoms with Crippen LogP contribution in [0.5, 0.6) is 0 Å². The van der Waals surface area contributed by atoms with Crippen molar-refractivity contribution in [2.24, 2.45) is 5.73 Å². The van der Waals surface area contributed by atoms with Crippen molar-refractivity contribution in [2.75, 3.05) is 0 Å². The Morgan fingerprint density at radius 2 is 2.38 bits per heavy atom. The number of allylic oxidation sites excluding steroid dienone is 2. The van der Waals surface area contributed by atoms with E-state index in [0.717, 1.165) is 12.2 Å². The van der Waals surface area contributed by atoms with E-state index in [1.54, 1.807) is 0 Å². The van der Waals surface area contributed by atoms with Gasteiger partial charge in [-0.2, -0.15) is 0 Å². The number of nitrogens with zero attached hydrogens (tertiary/aromatic N) is 2. The molecule has 1 rings (SSSR count). The number of aromatic nitrogens is 2. The number of hydrogen-bond donors (Lipinski definition) is 1. The first-order valence-corrected chi connectivity index (χ1v) is 4.50. The molecule has 0 spiro atoms. The minimum atomic E-state index is 0.0491. The van der Waals surface area contributed by atoms with Crippen LogP contribution in [0, 0.1) is 0 Å². The van der Waals surface area contributed by atoms with Gasteiger partial charge in [-0.3, -0.25) is 0 Å². The Morgan fingerprint density at radius 1 is 1.69 bits per heavy atom. The molecule has 0 aliphatic carbocycles. The summed E-state index contributed by atoms with van der Waals surface area (Å²) in [4.78, 5) is 4.08. The van der Waals surface area contributed by atoms with Gasteiger partial charge in [-0.15, -0.1) is 0 Å². The predicted molar refractivity (Wildman–Crippen MR) is 54.3 cm³/mol. The number of hydrogen-bond acceptors (Lipinski definition) is 2. The summed E-state index contributed by atoms with van der Waals surface area (Å²) >= 11 is 0. The summed E-state index contributed by atoms with van der Waals surface area (Å²) in [6.45, 7) is 7.00. The Labute approximate surface area is 79.3 Å². The van der Waals surface area contributed by atoms with Gasteiger partial charge in [0.05, 0.1) is 12.0 Å². The lowest BCUT2D eigenvalue weighted by Crippen LogP contribution is -2.11. The van der Waals surface area contributed by atoms with Gasteiger partial charge in [0.2, 0.25) is 0 Å². The molecular formula is C10H17N3. The molecule has 1 atom stereocenters. The van der Waals surface area contributed by atoms with Crippen molar-refractivity contribution in [3.05, 3.63) is 29.9 Å². The van der Waals surface area contributed by atoms with Gasteiger partial charge in [0.15, 0.2) is 0 Å². The molecule has 0 radical (unpaired) electrons. The van der Waals surface area contributed by atoms with Crippen molar-refractivity contribution in [3.8, 4) is 0 Å². The molecule has 2 N–H and O–H groups in total. The first-order valence-electron chi connectivity index (χ1n) is 4.50. The molecular weight excluding hydrogens is 162 g/mol. The fraction of sp³-hybridized carbons (Fsp3) is 0.500. The van der Waals surface area contributed by atoms with Crippen LogP contribution in [0.15, 0.2) is 24.2 Å². The zero-order valence-corrected chi connectivity index (χ0v) is 8.49. The van der Waals surface area contributed by atoms with Crippen LogP contribution in [0.1, 0.15) is 32.5 Å². The highest BCUT2D eigenvalue weighted by Gasteiger charge is 2.04. The first-order chi connectivity index (χ1) is 6.11. The van der Waals surface area contributed by atoms with E-state index < -0.39 is 0 Å². The normalized spacial score (nSPS) is 12.6. The number of rotatable bonds is 3. The molecule has 3 nitrogen and oxygen atoms in total. The van der Waals surface area contributed by atoms with E-state index in [9.17, 15) is 0 Å². The van der Waals surface area contributed by atoms with Crippen LogP contribution in [-0.4, -0.2) is 9.55 Å². The van der Waals surface area contributed by atoms with Gasteiger partial charge in [0, 0.05) is 18.8 Å². The van der Waals surface area contributed by atoms with Crippen molar-refractivity contribution < 1.29 is 0 Å². The van der Waals surface area contributed by atoms with E-state index >= 15 is 0 Å². The number of imidazole rings is 1. The maximum absolute atomic E-state index is 5.78. The maximum Gasteiger partial charge on any atom is 0.0951 e. The summed E-state index contributed by atoms with van der Waals surface area (Å²) in [6.07, 6.45) is 5.80. The van der Waals surface area contributed by atoms with Crippen LogP contribution in [0.25, 0.3) is 0 Å². The third kappa shape index (κ3) is 2.70. The summed E-state index contributed by atoms with van der Waals surface area (Å²) < 4.78 is 2.07. The van der Waals surface area contributed by atoms with E-state index in [0.29, 0.717) is 0 Å². The van der Waals surface area contributed by atoms with E-state index in [4.69, 9.17) is 5.73 Å². The van der Waals surface area contributed by atoms with Crippen molar-refractivity contribution in [2.45, 2.75) is 33.4 Å². The second kappa shape index (κ2) is 4.23. The molecule has 0 aromatic carbocycles. The fourth-order valence-corrected chi connectivity index (χ4v) is 1.14.